The van der Waals surface area contributed by atoms with E-state index in [-0.39, 0.29) is 11.8 Å². The van der Waals surface area contributed by atoms with Crippen molar-refractivity contribution in [1.82, 2.24) is 5.32 Å². The summed E-state index contributed by atoms with van der Waals surface area (Å²) < 4.78 is 16.2. The zero-order valence-corrected chi connectivity index (χ0v) is 10.7. The number of aliphatic hydroxyl groups is 1. The number of aliphatic hydroxyl groups excluding tert-OH is 1. The van der Waals surface area contributed by atoms with Gasteiger partial charge in [0.15, 0.2) is 0 Å². The van der Waals surface area contributed by atoms with Crippen molar-refractivity contribution in [2.45, 2.75) is 44.9 Å². The molecule has 1 amide bonds. The summed E-state index contributed by atoms with van der Waals surface area (Å²) in [5.74, 6) is 0.734. The number of hydrogen-bond donors (Lipinski definition) is 2. The highest BCUT2D eigenvalue weighted by Crippen LogP contribution is 2.12. The van der Waals surface area contributed by atoms with E-state index >= 15 is 0 Å². The third kappa shape index (κ3) is 4.49. The van der Waals surface area contributed by atoms with Crippen molar-refractivity contribution in [3.05, 3.63) is 0 Å². The van der Waals surface area contributed by atoms with E-state index in [1.807, 2.05) is 0 Å². The summed E-state index contributed by atoms with van der Waals surface area (Å²) in [7, 11) is -0.967. The summed E-state index contributed by atoms with van der Waals surface area (Å²) >= 11 is 0. The molecular weight excluding hydrogens is 230 g/mol. The molecule has 0 aromatic rings. The quantitative estimate of drug-likeness (QED) is 0.705. The number of ether oxygens (including phenoxy) is 1. The highest BCUT2D eigenvalue weighted by Gasteiger charge is 2.29. The molecule has 2 N–H and O–H groups in total. The predicted molar refractivity (Wildman–Crippen MR) is 61.7 cm³/mol. The number of amides is 1. The number of carbonyl (C=O) groups excluding carboxylic acids is 1. The van der Waals surface area contributed by atoms with Crippen LogP contribution in [-0.4, -0.2) is 44.7 Å². The lowest BCUT2D eigenvalue weighted by molar-refractivity contribution is 0.0433. The lowest BCUT2D eigenvalue weighted by Gasteiger charge is -2.29. The molecule has 5 nitrogen and oxygen atoms in total. The average Bonchev–Trinajstić information content (AvgIpc) is 2.06. The standard InChI is InChI=1S/C10H19NO4S/c1-10(2,3)15-9(13)11-7-4-5-16(14)6-8(7)12/h7-8,12H,4-6H2,1-3H3,(H,11,13)/t7-,8+,16?/m1/s1. The van der Waals surface area contributed by atoms with Crippen LogP contribution in [-0.2, 0) is 15.5 Å². The van der Waals surface area contributed by atoms with Gasteiger partial charge in [0.1, 0.15) is 5.60 Å². The third-order valence-electron chi connectivity index (χ3n) is 2.18. The fraction of sp³-hybridized carbons (Fsp3) is 0.900. The van der Waals surface area contributed by atoms with Gasteiger partial charge in [-0.15, -0.1) is 0 Å². The molecule has 0 bridgehead atoms. The Hall–Kier alpha value is -0.620. The van der Waals surface area contributed by atoms with Crippen LogP contribution in [0, 0.1) is 0 Å². The fourth-order valence-corrected chi connectivity index (χ4v) is 2.76. The maximum absolute atomic E-state index is 11.4. The molecule has 0 radical (unpaired) electrons. The SMILES string of the molecule is CC(C)(C)OC(=O)N[C@@H]1CCS(=O)C[C@@H]1O. The first kappa shape index (κ1) is 13.4. The van der Waals surface area contributed by atoms with E-state index in [0.717, 1.165) is 0 Å². The Morgan fingerprint density at radius 2 is 2.12 bits per heavy atom. The van der Waals surface area contributed by atoms with Gasteiger partial charge in [0, 0.05) is 16.6 Å². The molecule has 1 aliphatic rings. The molecular formula is C10H19NO4S. The monoisotopic (exact) mass is 249 g/mol. The Bertz CT molecular complexity index is 287. The van der Waals surface area contributed by atoms with Crippen molar-refractivity contribution in [3.63, 3.8) is 0 Å². The van der Waals surface area contributed by atoms with Gasteiger partial charge >= 0.3 is 6.09 Å². The summed E-state index contributed by atoms with van der Waals surface area (Å²) in [5.41, 5.74) is -0.549. The minimum absolute atomic E-state index is 0.223. The number of nitrogens with one attached hydrogen (secondary N) is 1. The van der Waals surface area contributed by atoms with Crippen molar-refractivity contribution < 1.29 is 18.8 Å². The molecule has 0 aromatic carbocycles. The van der Waals surface area contributed by atoms with E-state index < -0.39 is 28.6 Å². The smallest absolute Gasteiger partial charge is 0.407 e. The Morgan fingerprint density at radius 3 is 2.62 bits per heavy atom. The van der Waals surface area contributed by atoms with Crippen LogP contribution in [0.2, 0.25) is 0 Å². The number of carbonyl (C=O) groups is 1. The van der Waals surface area contributed by atoms with E-state index in [1.165, 1.54) is 0 Å². The predicted octanol–water partition coefficient (Wildman–Crippen LogP) is 0.393. The van der Waals surface area contributed by atoms with Gasteiger partial charge in [0.25, 0.3) is 0 Å². The Kier molecular flexibility index (Phi) is 4.32. The van der Waals surface area contributed by atoms with Crippen LogP contribution in [0.3, 0.4) is 0 Å². The van der Waals surface area contributed by atoms with Crippen LogP contribution in [0.15, 0.2) is 0 Å². The van der Waals surface area contributed by atoms with Crippen molar-refractivity contribution in [2.24, 2.45) is 0 Å². The van der Waals surface area contributed by atoms with E-state index in [1.54, 1.807) is 20.8 Å². The third-order valence-corrected chi connectivity index (χ3v) is 3.58. The van der Waals surface area contributed by atoms with Crippen LogP contribution in [0.25, 0.3) is 0 Å². The normalized spacial score (nSPS) is 30.9. The lowest BCUT2D eigenvalue weighted by atomic mass is 10.1. The summed E-state index contributed by atoms with van der Waals surface area (Å²) in [6, 6.07) is -0.354. The number of rotatable bonds is 1. The van der Waals surface area contributed by atoms with Gasteiger partial charge in [0.05, 0.1) is 17.9 Å². The lowest BCUT2D eigenvalue weighted by Crippen LogP contribution is -2.50. The van der Waals surface area contributed by atoms with E-state index in [0.29, 0.717) is 12.2 Å². The fourth-order valence-electron chi connectivity index (χ4n) is 1.47. The van der Waals surface area contributed by atoms with E-state index in [2.05, 4.69) is 5.32 Å². The highest BCUT2D eigenvalue weighted by atomic mass is 32.2. The molecule has 0 aromatic heterocycles. The van der Waals surface area contributed by atoms with Gasteiger partial charge in [-0.2, -0.15) is 0 Å². The first-order valence-electron chi connectivity index (χ1n) is 5.30. The minimum atomic E-state index is -0.967. The van der Waals surface area contributed by atoms with E-state index in [9.17, 15) is 14.1 Å². The Labute approximate surface area is 98.0 Å². The van der Waals surface area contributed by atoms with Gasteiger partial charge in [-0.05, 0) is 27.2 Å². The summed E-state index contributed by atoms with van der Waals surface area (Å²) in [6.45, 7) is 5.33. The maximum Gasteiger partial charge on any atom is 0.407 e. The molecule has 0 saturated carbocycles. The first-order chi connectivity index (χ1) is 7.28. The summed E-state index contributed by atoms with van der Waals surface area (Å²) in [4.78, 5) is 11.4. The molecule has 1 fully saturated rings. The van der Waals surface area contributed by atoms with Gasteiger partial charge < -0.3 is 15.2 Å². The Balaban J connectivity index is 2.42. The van der Waals surface area contributed by atoms with Crippen molar-refractivity contribution in [2.75, 3.05) is 11.5 Å². The van der Waals surface area contributed by atoms with Crippen LogP contribution in [0.4, 0.5) is 4.79 Å². The molecule has 1 saturated heterocycles. The maximum atomic E-state index is 11.4. The second-order valence-electron chi connectivity index (χ2n) is 4.92. The van der Waals surface area contributed by atoms with Crippen molar-refractivity contribution in [3.8, 4) is 0 Å². The van der Waals surface area contributed by atoms with Crippen LogP contribution >= 0.6 is 0 Å². The van der Waals surface area contributed by atoms with Crippen molar-refractivity contribution in [1.29, 1.82) is 0 Å². The van der Waals surface area contributed by atoms with Gasteiger partial charge in [-0.1, -0.05) is 0 Å². The molecule has 1 aliphatic heterocycles. The van der Waals surface area contributed by atoms with Crippen LogP contribution < -0.4 is 5.32 Å². The Morgan fingerprint density at radius 1 is 1.50 bits per heavy atom. The molecule has 6 heteroatoms. The second-order valence-corrected chi connectivity index (χ2v) is 6.54. The molecule has 3 atom stereocenters. The minimum Gasteiger partial charge on any atom is -0.444 e. The number of hydrogen-bond acceptors (Lipinski definition) is 4. The largest absolute Gasteiger partial charge is 0.444 e. The number of alkyl carbamates (subject to hydrolysis) is 1. The molecule has 0 spiro atoms. The molecule has 1 heterocycles. The zero-order chi connectivity index (χ0) is 12.3. The average molecular weight is 249 g/mol. The molecule has 16 heavy (non-hydrogen) atoms. The second kappa shape index (κ2) is 5.14. The van der Waals surface area contributed by atoms with Gasteiger partial charge in [0.2, 0.25) is 0 Å². The van der Waals surface area contributed by atoms with Gasteiger partial charge in [-0.25, -0.2) is 4.79 Å². The van der Waals surface area contributed by atoms with Crippen LogP contribution in [0.1, 0.15) is 27.2 Å². The summed E-state index contributed by atoms with van der Waals surface area (Å²) in [5, 5.41) is 12.2. The first-order valence-corrected chi connectivity index (χ1v) is 6.79. The highest BCUT2D eigenvalue weighted by molar-refractivity contribution is 7.85. The topological polar surface area (TPSA) is 75.6 Å². The van der Waals surface area contributed by atoms with Gasteiger partial charge in [-0.3, -0.25) is 4.21 Å². The molecule has 0 aliphatic carbocycles. The van der Waals surface area contributed by atoms with E-state index in [4.69, 9.17) is 4.74 Å². The zero-order valence-electron chi connectivity index (χ0n) is 9.86. The molecule has 94 valence electrons. The molecule has 1 unspecified atom stereocenters. The molecule has 1 rings (SSSR count). The van der Waals surface area contributed by atoms with Crippen molar-refractivity contribution >= 4 is 16.9 Å². The van der Waals surface area contributed by atoms with Crippen LogP contribution in [0.5, 0.6) is 0 Å². The summed E-state index contributed by atoms with van der Waals surface area (Å²) in [6.07, 6.45) is -0.765.